The summed E-state index contributed by atoms with van der Waals surface area (Å²) in [6.45, 7) is 1.28. The van der Waals surface area contributed by atoms with Crippen molar-refractivity contribution in [3.05, 3.63) is 60.2 Å². The van der Waals surface area contributed by atoms with E-state index in [-0.39, 0.29) is 12.6 Å². The van der Waals surface area contributed by atoms with Gasteiger partial charge in [-0.15, -0.1) is 0 Å². The zero-order chi connectivity index (χ0) is 21.1. The number of amides is 4. The lowest BCUT2D eigenvalue weighted by molar-refractivity contribution is -0.133. The Morgan fingerprint density at radius 1 is 1.13 bits per heavy atom. The van der Waals surface area contributed by atoms with E-state index in [1.807, 2.05) is 12.1 Å². The summed E-state index contributed by atoms with van der Waals surface area (Å²) in [5.74, 6) is -0.202. The monoisotopic (exact) mass is 407 g/mol. The van der Waals surface area contributed by atoms with Gasteiger partial charge in [-0.2, -0.15) is 0 Å². The number of benzene rings is 2. The zero-order valence-corrected chi connectivity index (χ0v) is 16.9. The number of ether oxygens (including phenoxy) is 1. The minimum Gasteiger partial charge on any atom is -0.490 e. The molecule has 0 aromatic heterocycles. The number of carbonyl (C=O) groups is 3. The summed E-state index contributed by atoms with van der Waals surface area (Å²) in [5, 5.41) is 5.45. The largest absolute Gasteiger partial charge is 0.490 e. The standard InChI is InChI=1S/C23H25N3O4/c1-23(16-8-3-2-4-9-16)21(28)26(22(29)25-23)15-20(27)24-17-10-7-13-19(14-17)30-18-11-5-6-12-18/h2-4,7-10,13-14,18H,5-6,11-12,15H2,1H3,(H,24,27)(H,25,29). The van der Waals surface area contributed by atoms with Gasteiger partial charge in [0.05, 0.1) is 6.10 Å². The quantitative estimate of drug-likeness (QED) is 0.719. The molecule has 4 rings (SSSR count). The van der Waals surface area contributed by atoms with E-state index in [1.165, 1.54) is 12.8 Å². The van der Waals surface area contributed by atoms with Gasteiger partial charge in [0.25, 0.3) is 5.91 Å². The number of urea groups is 1. The zero-order valence-electron chi connectivity index (χ0n) is 16.9. The van der Waals surface area contributed by atoms with Crippen LogP contribution in [-0.2, 0) is 15.1 Å². The molecule has 2 fully saturated rings. The van der Waals surface area contributed by atoms with Gasteiger partial charge in [0, 0.05) is 11.8 Å². The molecule has 4 amide bonds. The molecule has 1 saturated carbocycles. The molecule has 7 heteroatoms. The lowest BCUT2D eigenvalue weighted by atomic mass is 9.92. The number of hydrogen-bond donors (Lipinski definition) is 2. The fraction of sp³-hybridized carbons (Fsp3) is 0.348. The molecule has 0 radical (unpaired) electrons. The second-order valence-electron chi connectivity index (χ2n) is 7.91. The first-order valence-electron chi connectivity index (χ1n) is 10.2. The van der Waals surface area contributed by atoms with Gasteiger partial charge in [-0.05, 0) is 50.3 Å². The van der Waals surface area contributed by atoms with Crippen LogP contribution in [0.1, 0.15) is 38.2 Å². The molecular weight excluding hydrogens is 382 g/mol. The van der Waals surface area contributed by atoms with E-state index >= 15 is 0 Å². The van der Waals surface area contributed by atoms with Crippen LogP contribution in [0.2, 0.25) is 0 Å². The van der Waals surface area contributed by atoms with E-state index in [4.69, 9.17) is 4.74 Å². The number of nitrogens with zero attached hydrogens (tertiary/aromatic N) is 1. The highest BCUT2D eigenvalue weighted by Gasteiger charge is 2.49. The van der Waals surface area contributed by atoms with Gasteiger partial charge in [-0.1, -0.05) is 36.4 Å². The van der Waals surface area contributed by atoms with Crippen molar-refractivity contribution in [2.45, 2.75) is 44.2 Å². The molecule has 156 valence electrons. The van der Waals surface area contributed by atoms with E-state index in [1.54, 1.807) is 49.4 Å². The Bertz CT molecular complexity index is 956. The fourth-order valence-corrected chi connectivity index (χ4v) is 4.00. The van der Waals surface area contributed by atoms with Crippen LogP contribution in [0.4, 0.5) is 10.5 Å². The van der Waals surface area contributed by atoms with Gasteiger partial charge in [0.15, 0.2) is 0 Å². The molecule has 0 spiro atoms. The molecule has 30 heavy (non-hydrogen) atoms. The molecule has 7 nitrogen and oxygen atoms in total. The van der Waals surface area contributed by atoms with Crippen molar-refractivity contribution in [3.8, 4) is 5.75 Å². The third-order valence-electron chi connectivity index (χ3n) is 5.65. The average Bonchev–Trinajstić information content (AvgIpc) is 3.32. The molecule has 1 aliphatic carbocycles. The summed E-state index contributed by atoms with van der Waals surface area (Å²) in [6.07, 6.45) is 4.66. The van der Waals surface area contributed by atoms with Gasteiger partial charge in [-0.3, -0.25) is 14.5 Å². The van der Waals surface area contributed by atoms with Crippen molar-refractivity contribution in [1.29, 1.82) is 0 Å². The Morgan fingerprint density at radius 2 is 1.87 bits per heavy atom. The Morgan fingerprint density at radius 3 is 2.60 bits per heavy atom. The molecule has 1 aliphatic heterocycles. The maximum Gasteiger partial charge on any atom is 0.325 e. The summed E-state index contributed by atoms with van der Waals surface area (Å²) in [5.41, 5.74) is 0.0459. The highest BCUT2D eigenvalue weighted by molar-refractivity contribution is 6.10. The first-order valence-corrected chi connectivity index (χ1v) is 10.2. The average molecular weight is 407 g/mol. The highest BCUT2D eigenvalue weighted by Crippen LogP contribution is 2.29. The van der Waals surface area contributed by atoms with Crippen molar-refractivity contribution >= 4 is 23.5 Å². The predicted octanol–water partition coefficient (Wildman–Crippen LogP) is 3.41. The summed E-state index contributed by atoms with van der Waals surface area (Å²) < 4.78 is 5.96. The van der Waals surface area contributed by atoms with Crippen LogP contribution in [0.15, 0.2) is 54.6 Å². The van der Waals surface area contributed by atoms with E-state index in [2.05, 4.69) is 10.6 Å². The summed E-state index contributed by atoms with van der Waals surface area (Å²) in [4.78, 5) is 38.8. The van der Waals surface area contributed by atoms with Crippen LogP contribution in [0, 0.1) is 0 Å². The number of nitrogens with one attached hydrogen (secondary N) is 2. The normalized spacial score (nSPS) is 21.6. The van der Waals surface area contributed by atoms with Gasteiger partial charge in [0.1, 0.15) is 17.8 Å². The Kier molecular flexibility index (Phi) is 5.44. The molecule has 2 aliphatic rings. The van der Waals surface area contributed by atoms with E-state index in [0.717, 1.165) is 17.7 Å². The molecule has 1 heterocycles. The van der Waals surface area contributed by atoms with Crippen LogP contribution in [0.25, 0.3) is 0 Å². The Hall–Kier alpha value is -3.35. The molecule has 2 aromatic rings. The molecule has 1 saturated heterocycles. The number of carbonyl (C=O) groups excluding carboxylic acids is 3. The van der Waals surface area contributed by atoms with Crippen molar-refractivity contribution < 1.29 is 19.1 Å². The second-order valence-corrected chi connectivity index (χ2v) is 7.91. The van der Waals surface area contributed by atoms with Gasteiger partial charge >= 0.3 is 6.03 Å². The topological polar surface area (TPSA) is 87.7 Å². The summed E-state index contributed by atoms with van der Waals surface area (Å²) >= 11 is 0. The van der Waals surface area contributed by atoms with Crippen LogP contribution in [-0.4, -0.2) is 35.4 Å². The highest BCUT2D eigenvalue weighted by atomic mass is 16.5. The molecule has 2 N–H and O–H groups in total. The second kappa shape index (κ2) is 8.18. The SMILES string of the molecule is CC1(c2ccccc2)NC(=O)N(CC(=O)Nc2cccc(OC3CCCC3)c2)C1=O. The van der Waals surface area contributed by atoms with Crippen LogP contribution in [0.3, 0.4) is 0 Å². The molecule has 1 atom stereocenters. The maximum absolute atomic E-state index is 12.9. The minimum atomic E-state index is -1.19. The molecule has 2 aromatic carbocycles. The first kappa shape index (κ1) is 19.9. The van der Waals surface area contributed by atoms with E-state index < -0.39 is 23.4 Å². The first-order chi connectivity index (χ1) is 14.5. The van der Waals surface area contributed by atoms with Gasteiger partial charge < -0.3 is 15.4 Å². The Labute approximate surface area is 175 Å². The van der Waals surface area contributed by atoms with E-state index in [0.29, 0.717) is 17.0 Å². The van der Waals surface area contributed by atoms with Gasteiger partial charge in [0.2, 0.25) is 5.91 Å². The van der Waals surface area contributed by atoms with Crippen LogP contribution < -0.4 is 15.4 Å². The number of imide groups is 1. The van der Waals surface area contributed by atoms with Crippen molar-refractivity contribution in [2.24, 2.45) is 0 Å². The fourth-order valence-electron chi connectivity index (χ4n) is 4.00. The lowest BCUT2D eigenvalue weighted by Gasteiger charge is -2.22. The summed E-state index contributed by atoms with van der Waals surface area (Å²) in [6, 6.07) is 15.6. The van der Waals surface area contributed by atoms with Gasteiger partial charge in [-0.25, -0.2) is 4.79 Å². The number of rotatable bonds is 6. The molecule has 0 bridgehead atoms. The van der Waals surface area contributed by atoms with Crippen LogP contribution >= 0.6 is 0 Å². The van der Waals surface area contributed by atoms with Crippen LogP contribution in [0.5, 0.6) is 5.75 Å². The lowest BCUT2D eigenvalue weighted by Crippen LogP contribution is -2.42. The number of anilines is 1. The summed E-state index contributed by atoms with van der Waals surface area (Å²) in [7, 11) is 0. The van der Waals surface area contributed by atoms with Crippen molar-refractivity contribution in [1.82, 2.24) is 10.2 Å². The third kappa shape index (κ3) is 4.01. The van der Waals surface area contributed by atoms with Crippen molar-refractivity contribution in [2.75, 3.05) is 11.9 Å². The van der Waals surface area contributed by atoms with E-state index in [9.17, 15) is 14.4 Å². The molecule has 1 unspecified atom stereocenters. The third-order valence-corrected chi connectivity index (χ3v) is 5.65. The van der Waals surface area contributed by atoms with Crippen molar-refractivity contribution in [3.63, 3.8) is 0 Å². The smallest absolute Gasteiger partial charge is 0.325 e. The Balaban J connectivity index is 1.40. The minimum absolute atomic E-state index is 0.220. The maximum atomic E-state index is 12.9. The predicted molar refractivity (Wildman–Crippen MR) is 112 cm³/mol. The molecular formula is C23H25N3O4. The number of hydrogen-bond acceptors (Lipinski definition) is 4.